The van der Waals surface area contributed by atoms with Crippen LogP contribution in [0.1, 0.15) is 52.2 Å². The van der Waals surface area contributed by atoms with E-state index in [0.29, 0.717) is 11.1 Å². The minimum atomic E-state index is -0.941. The lowest BCUT2D eigenvalue weighted by Gasteiger charge is -2.29. The van der Waals surface area contributed by atoms with Crippen molar-refractivity contribution in [1.82, 2.24) is 20.9 Å². The topological polar surface area (TPSA) is 155 Å². The highest BCUT2D eigenvalue weighted by atomic mass is 16.6. The quantitative estimate of drug-likeness (QED) is 0.124. The number of alkyl carbamates (subject to hydrolysis) is 1. The number of benzene rings is 3. The first kappa shape index (κ1) is 32.7. The SMILES string of the molecule is CC(C)(CC(=O)N[C@H](Cc1c[nH]c2ccccc12)C(=O)NCc1ccc(-c2ccccc2[N+](=O)[O-])cc1)NC(=O)OC(C)(C)C. The van der Waals surface area contributed by atoms with Crippen molar-refractivity contribution in [2.24, 2.45) is 0 Å². The Morgan fingerprint density at radius 1 is 0.933 bits per heavy atom. The summed E-state index contributed by atoms with van der Waals surface area (Å²) >= 11 is 0. The standard InChI is InChI=1S/C34H39N5O6/c1-33(2,3)45-32(42)38-34(4,5)19-30(40)37-28(18-24-21-35-27-12-8-6-10-25(24)27)31(41)36-20-22-14-16-23(17-15-22)26-11-7-9-13-29(26)39(43)44/h6-17,21,28,35H,18-20H2,1-5H3,(H,36,41)(H,37,40)(H,38,42)/t28-/m1/s1. The zero-order chi connectivity index (χ0) is 32.8. The summed E-state index contributed by atoms with van der Waals surface area (Å²) in [6, 6.07) is 20.5. The van der Waals surface area contributed by atoms with Crippen molar-refractivity contribution in [2.75, 3.05) is 0 Å². The number of nitro benzene ring substituents is 1. The first-order chi connectivity index (χ1) is 21.2. The summed E-state index contributed by atoms with van der Waals surface area (Å²) in [5, 5.41) is 20.9. The Hall–Kier alpha value is -5.19. The molecule has 3 amide bonds. The molecule has 4 rings (SSSR count). The second kappa shape index (κ2) is 13.6. The van der Waals surface area contributed by atoms with E-state index in [1.807, 2.05) is 30.5 Å². The fourth-order valence-electron chi connectivity index (χ4n) is 4.99. The third-order valence-electron chi connectivity index (χ3n) is 7.02. The number of fused-ring (bicyclic) bond motifs is 1. The molecule has 0 radical (unpaired) electrons. The van der Waals surface area contributed by atoms with E-state index in [0.717, 1.165) is 22.0 Å². The Kier molecular flexibility index (Phi) is 9.91. The molecule has 0 unspecified atom stereocenters. The highest BCUT2D eigenvalue weighted by Gasteiger charge is 2.30. The summed E-state index contributed by atoms with van der Waals surface area (Å²) < 4.78 is 5.33. The van der Waals surface area contributed by atoms with Crippen molar-refractivity contribution >= 4 is 34.5 Å². The van der Waals surface area contributed by atoms with Gasteiger partial charge in [0.1, 0.15) is 11.6 Å². The summed E-state index contributed by atoms with van der Waals surface area (Å²) in [5.74, 6) is -0.792. The van der Waals surface area contributed by atoms with E-state index in [4.69, 9.17) is 4.74 Å². The van der Waals surface area contributed by atoms with Crippen molar-refractivity contribution in [3.8, 4) is 11.1 Å². The predicted molar refractivity (Wildman–Crippen MR) is 172 cm³/mol. The molecule has 0 spiro atoms. The number of carbonyl (C=O) groups excluding carboxylic acids is 3. The van der Waals surface area contributed by atoms with Crippen LogP contribution in [0.4, 0.5) is 10.5 Å². The number of rotatable bonds is 11. The van der Waals surface area contributed by atoms with E-state index in [2.05, 4.69) is 20.9 Å². The van der Waals surface area contributed by atoms with Crippen LogP contribution in [-0.4, -0.2) is 45.0 Å². The van der Waals surface area contributed by atoms with Crippen LogP contribution < -0.4 is 16.0 Å². The van der Waals surface area contributed by atoms with E-state index >= 15 is 0 Å². The van der Waals surface area contributed by atoms with Gasteiger partial charge >= 0.3 is 6.09 Å². The summed E-state index contributed by atoms with van der Waals surface area (Å²) in [4.78, 5) is 53.3. The van der Waals surface area contributed by atoms with Crippen LogP contribution in [0.5, 0.6) is 0 Å². The number of nitro groups is 1. The first-order valence-corrected chi connectivity index (χ1v) is 14.7. The third-order valence-corrected chi connectivity index (χ3v) is 7.02. The van der Waals surface area contributed by atoms with Gasteiger partial charge in [0, 0.05) is 48.1 Å². The zero-order valence-corrected chi connectivity index (χ0v) is 26.1. The maximum absolute atomic E-state index is 13.5. The summed E-state index contributed by atoms with van der Waals surface area (Å²) in [6.45, 7) is 8.86. The predicted octanol–water partition coefficient (Wildman–Crippen LogP) is 5.78. The Labute approximate surface area is 261 Å². The average Bonchev–Trinajstić information content (AvgIpc) is 3.36. The number of carbonyl (C=O) groups is 3. The van der Waals surface area contributed by atoms with Gasteiger partial charge in [-0.15, -0.1) is 0 Å². The highest BCUT2D eigenvalue weighted by molar-refractivity contribution is 5.90. The molecule has 11 heteroatoms. The van der Waals surface area contributed by atoms with Gasteiger partial charge in [-0.05, 0) is 63.4 Å². The van der Waals surface area contributed by atoms with E-state index in [-0.39, 0.29) is 31.0 Å². The van der Waals surface area contributed by atoms with E-state index in [1.165, 1.54) is 6.07 Å². The van der Waals surface area contributed by atoms with E-state index in [1.54, 1.807) is 77.1 Å². The van der Waals surface area contributed by atoms with Crippen LogP contribution in [0, 0.1) is 10.1 Å². The maximum atomic E-state index is 13.5. The lowest BCUT2D eigenvalue weighted by molar-refractivity contribution is -0.384. The number of hydrogen-bond acceptors (Lipinski definition) is 6. The molecule has 236 valence electrons. The van der Waals surface area contributed by atoms with Crippen LogP contribution in [0.25, 0.3) is 22.0 Å². The van der Waals surface area contributed by atoms with Gasteiger partial charge in [-0.25, -0.2) is 4.79 Å². The molecule has 0 aliphatic carbocycles. The molecule has 3 aromatic carbocycles. The smallest absolute Gasteiger partial charge is 0.408 e. The van der Waals surface area contributed by atoms with Gasteiger partial charge < -0.3 is 25.7 Å². The monoisotopic (exact) mass is 613 g/mol. The van der Waals surface area contributed by atoms with Gasteiger partial charge in [0.25, 0.3) is 5.69 Å². The fourth-order valence-corrected chi connectivity index (χ4v) is 4.99. The molecule has 0 saturated heterocycles. The van der Waals surface area contributed by atoms with Crippen LogP contribution in [0.15, 0.2) is 79.0 Å². The Balaban J connectivity index is 1.46. The average molecular weight is 614 g/mol. The van der Waals surface area contributed by atoms with Crippen molar-refractivity contribution < 1.29 is 24.0 Å². The number of ether oxygens (including phenoxy) is 1. The molecule has 0 aliphatic heterocycles. The third kappa shape index (κ3) is 9.15. The van der Waals surface area contributed by atoms with Crippen LogP contribution >= 0.6 is 0 Å². The van der Waals surface area contributed by atoms with Gasteiger partial charge in [-0.2, -0.15) is 0 Å². The number of aromatic nitrogens is 1. The Morgan fingerprint density at radius 3 is 2.29 bits per heavy atom. The van der Waals surface area contributed by atoms with Gasteiger partial charge in [0.05, 0.1) is 10.5 Å². The number of hydrogen-bond donors (Lipinski definition) is 4. The molecular weight excluding hydrogens is 574 g/mol. The summed E-state index contributed by atoms with van der Waals surface area (Å²) in [7, 11) is 0. The molecule has 1 atom stereocenters. The van der Waals surface area contributed by atoms with Crippen molar-refractivity contribution in [3.63, 3.8) is 0 Å². The molecule has 45 heavy (non-hydrogen) atoms. The van der Waals surface area contributed by atoms with Crippen molar-refractivity contribution in [1.29, 1.82) is 0 Å². The minimum Gasteiger partial charge on any atom is -0.444 e. The maximum Gasteiger partial charge on any atom is 0.408 e. The highest BCUT2D eigenvalue weighted by Crippen LogP contribution is 2.29. The molecule has 0 fully saturated rings. The van der Waals surface area contributed by atoms with Gasteiger partial charge in [0.2, 0.25) is 11.8 Å². The van der Waals surface area contributed by atoms with Gasteiger partial charge in [0.15, 0.2) is 0 Å². The summed E-state index contributed by atoms with van der Waals surface area (Å²) in [6.07, 6.45) is 1.34. The number of nitrogens with zero attached hydrogens (tertiary/aromatic N) is 1. The van der Waals surface area contributed by atoms with Crippen molar-refractivity contribution in [3.05, 3.63) is 100 Å². The number of nitrogens with one attached hydrogen (secondary N) is 4. The second-order valence-corrected chi connectivity index (χ2v) is 12.6. The van der Waals surface area contributed by atoms with E-state index in [9.17, 15) is 24.5 Å². The molecule has 0 aliphatic rings. The van der Waals surface area contributed by atoms with Crippen molar-refractivity contribution in [2.45, 2.75) is 71.2 Å². The number of aromatic amines is 1. The minimum absolute atomic E-state index is 0.0129. The second-order valence-electron chi connectivity index (χ2n) is 12.6. The lowest BCUT2D eigenvalue weighted by Crippen LogP contribution is -2.52. The van der Waals surface area contributed by atoms with Gasteiger partial charge in [-0.1, -0.05) is 54.6 Å². The number of amides is 3. The molecule has 11 nitrogen and oxygen atoms in total. The Morgan fingerprint density at radius 2 is 1.60 bits per heavy atom. The largest absolute Gasteiger partial charge is 0.444 e. The molecule has 1 aromatic heterocycles. The van der Waals surface area contributed by atoms with Gasteiger partial charge in [-0.3, -0.25) is 19.7 Å². The summed E-state index contributed by atoms with van der Waals surface area (Å²) in [5.41, 5.74) is 2.14. The molecule has 4 N–H and O–H groups in total. The molecule has 0 bridgehead atoms. The number of H-pyrrole nitrogens is 1. The fraction of sp³-hybridized carbons (Fsp3) is 0.324. The molecule has 1 heterocycles. The lowest BCUT2D eigenvalue weighted by atomic mass is 9.99. The Bertz CT molecular complexity index is 1690. The van der Waals surface area contributed by atoms with Crippen LogP contribution in [0.2, 0.25) is 0 Å². The van der Waals surface area contributed by atoms with Crippen LogP contribution in [0.3, 0.4) is 0 Å². The number of para-hydroxylation sites is 2. The molecule has 0 saturated carbocycles. The normalized spacial score (nSPS) is 12.3. The van der Waals surface area contributed by atoms with Crippen LogP contribution in [-0.2, 0) is 27.3 Å². The first-order valence-electron chi connectivity index (χ1n) is 14.7. The molecular formula is C34H39N5O6. The molecule has 4 aromatic rings. The van der Waals surface area contributed by atoms with E-state index < -0.39 is 34.1 Å². The zero-order valence-electron chi connectivity index (χ0n) is 26.1.